The Kier molecular flexibility index (Phi) is 5.89. The zero-order valence-electron chi connectivity index (χ0n) is 18.4. The summed E-state index contributed by atoms with van der Waals surface area (Å²) in [5, 5.41) is 4.80. The van der Waals surface area contributed by atoms with Gasteiger partial charge in [0.1, 0.15) is 0 Å². The van der Waals surface area contributed by atoms with Crippen LogP contribution in [0, 0.1) is 0 Å². The van der Waals surface area contributed by atoms with Crippen LogP contribution in [0.15, 0.2) is 72.9 Å². The van der Waals surface area contributed by atoms with Gasteiger partial charge in [0, 0.05) is 35.5 Å². The molecule has 0 spiro atoms. The minimum Gasteiger partial charge on any atom is -0.332 e. The highest BCUT2D eigenvalue weighted by atomic mass is 32.2. The van der Waals surface area contributed by atoms with Crippen molar-refractivity contribution in [2.75, 3.05) is 11.5 Å². The average Bonchev–Trinajstić information content (AvgIpc) is 3.46. The standard InChI is InChI=1S/C26H27N3O3S/c30-25(29(23-12-13-23)24-15-16-33(31,32)19-24)14-11-22-18-28(17-20-7-3-1-4-8-20)27-26(22)21-9-5-2-6-10-21/h1-11,14,18,23-24H,12-13,15-17,19H2/b14-11+. The van der Waals surface area contributed by atoms with Crippen LogP contribution >= 0.6 is 0 Å². The highest BCUT2D eigenvalue weighted by Crippen LogP contribution is 2.33. The van der Waals surface area contributed by atoms with Crippen molar-refractivity contribution in [3.05, 3.63) is 84.1 Å². The van der Waals surface area contributed by atoms with Crippen molar-refractivity contribution in [3.63, 3.8) is 0 Å². The SMILES string of the molecule is O=C(/C=C/c1cn(Cc2ccccc2)nc1-c1ccccc1)N(C1CC1)C1CCS(=O)(=O)C1. The zero-order valence-corrected chi connectivity index (χ0v) is 19.2. The first-order chi connectivity index (χ1) is 16.0. The molecule has 1 unspecified atom stereocenters. The molecule has 0 radical (unpaired) electrons. The van der Waals surface area contributed by atoms with Crippen LogP contribution in [0.25, 0.3) is 17.3 Å². The van der Waals surface area contributed by atoms with E-state index in [-0.39, 0.29) is 29.5 Å². The normalized spacial score (nSPS) is 19.7. The molecule has 1 aliphatic heterocycles. The van der Waals surface area contributed by atoms with Gasteiger partial charge in [-0.1, -0.05) is 60.7 Å². The van der Waals surface area contributed by atoms with Gasteiger partial charge in [0.05, 0.1) is 23.7 Å². The molecule has 2 heterocycles. The maximum absolute atomic E-state index is 13.2. The van der Waals surface area contributed by atoms with Crippen LogP contribution in [0.4, 0.5) is 0 Å². The van der Waals surface area contributed by atoms with Crippen LogP contribution in [0.2, 0.25) is 0 Å². The highest BCUT2D eigenvalue weighted by molar-refractivity contribution is 7.91. The summed E-state index contributed by atoms with van der Waals surface area (Å²) in [4.78, 5) is 15.0. The average molecular weight is 462 g/mol. The second-order valence-electron chi connectivity index (χ2n) is 8.85. The van der Waals surface area contributed by atoms with Crippen LogP contribution < -0.4 is 0 Å². The predicted octanol–water partition coefficient (Wildman–Crippen LogP) is 3.79. The smallest absolute Gasteiger partial charge is 0.247 e. The third kappa shape index (κ3) is 5.09. The lowest BCUT2D eigenvalue weighted by atomic mass is 10.1. The molecule has 1 amide bonds. The fraction of sp³-hybridized carbons (Fsp3) is 0.308. The van der Waals surface area contributed by atoms with E-state index in [1.54, 1.807) is 11.0 Å². The van der Waals surface area contributed by atoms with Crippen molar-refractivity contribution in [1.29, 1.82) is 0 Å². The lowest BCUT2D eigenvalue weighted by molar-refractivity contribution is -0.128. The Bertz CT molecular complexity index is 1260. The fourth-order valence-electron chi connectivity index (χ4n) is 4.48. The summed E-state index contributed by atoms with van der Waals surface area (Å²) in [6.45, 7) is 0.636. The maximum Gasteiger partial charge on any atom is 0.247 e. The Labute approximate surface area is 194 Å². The monoisotopic (exact) mass is 461 g/mol. The molecule has 1 saturated heterocycles. The number of amides is 1. The van der Waals surface area contributed by atoms with Gasteiger partial charge in [0.2, 0.25) is 5.91 Å². The van der Waals surface area contributed by atoms with Gasteiger partial charge in [-0.25, -0.2) is 8.42 Å². The molecule has 2 aliphatic rings. The molecule has 170 valence electrons. The maximum atomic E-state index is 13.2. The number of carbonyl (C=O) groups is 1. The molecule has 6 nitrogen and oxygen atoms in total. The number of hydrogen-bond acceptors (Lipinski definition) is 4. The summed E-state index contributed by atoms with van der Waals surface area (Å²) in [5.74, 6) is 0.129. The summed E-state index contributed by atoms with van der Waals surface area (Å²) in [5.41, 5.74) is 3.81. The number of rotatable bonds is 7. The summed E-state index contributed by atoms with van der Waals surface area (Å²) in [6.07, 6.45) is 7.78. The first kappa shape index (κ1) is 21.6. The molecule has 1 aromatic heterocycles. The van der Waals surface area contributed by atoms with E-state index in [2.05, 4.69) is 12.1 Å². The molecule has 2 aromatic carbocycles. The molecular formula is C26H27N3O3S. The lowest BCUT2D eigenvalue weighted by Gasteiger charge is -2.27. The van der Waals surface area contributed by atoms with Gasteiger partial charge in [0.25, 0.3) is 0 Å². The van der Waals surface area contributed by atoms with E-state index in [1.807, 2.05) is 65.5 Å². The van der Waals surface area contributed by atoms with Crippen molar-refractivity contribution in [2.45, 2.75) is 37.9 Å². The van der Waals surface area contributed by atoms with E-state index >= 15 is 0 Å². The third-order valence-corrected chi connectivity index (χ3v) is 7.98. The third-order valence-electron chi connectivity index (χ3n) is 6.23. The number of carbonyl (C=O) groups excluding carboxylic acids is 1. The molecule has 1 atom stereocenters. The Morgan fingerprint density at radius 2 is 1.70 bits per heavy atom. The Hall–Kier alpha value is -3.19. The van der Waals surface area contributed by atoms with E-state index < -0.39 is 9.84 Å². The molecule has 1 saturated carbocycles. The van der Waals surface area contributed by atoms with Gasteiger partial charge >= 0.3 is 0 Å². The van der Waals surface area contributed by atoms with Gasteiger partial charge < -0.3 is 4.90 Å². The highest BCUT2D eigenvalue weighted by Gasteiger charge is 2.41. The molecule has 33 heavy (non-hydrogen) atoms. The largest absolute Gasteiger partial charge is 0.332 e. The predicted molar refractivity (Wildman–Crippen MR) is 129 cm³/mol. The fourth-order valence-corrected chi connectivity index (χ4v) is 6.19. The van der Waals surface area contributed by atoms with Crippen LogP contribution in [0.3, 0.4) is 0 Å². The molecule has 5 rings (SSSR count). The van der Waals surface area contributed by atoms with E-state index in [0.29, 0.717) is 13.0 Å². The summed E-state index contributed by atoms with van der Waals surface area (Å²) >= 11 is 0. The topological polar surface area (TPSA) is 72.3 Å². The number of aromatic nitrogens is 2. The minimum absolute atomic E-state index is 0.0767. The molecule has 0 bridgehead atoms. The van der Waals surface area contributed by atoms with E-state index in [4.69, 9.17) is 5.10 Å². The number of hydrogen-bond donors (Lipinski definition) is 0. The second kappa shape index (κ2) is 8.98. The number of benzene rings is 2. The quantitative estimate of drug-likeness (QED) is 0.502. The summed E-state index contributed by atoms with van der Waals surface area (Å²) in [6, 6.07) is 20.0. The first-order valence-electron chi connectivity index (χ1n) is 11.4. The van der Waals surface area contributed by atoms with E-state index in [1.165, 1.54) is 0 Å². The first-order valence-corrected chi connectivity index (χ1v) is 13.2. The van der Waals surface area contributed by atoms with Gasteiger partial charge in [0.15, 0.2) is 9.84 Å². The van der Waals surface area contributed by atoms with Crippen molar-refractivity contribution >= 4 is 21.8 Å². The van der Waals surface area contributed by atoms with E-state index in [0.717, 1.165) is 35.2 Å². The number of sulfone groups is 1. The summed E-state index contributed by atoms with van der Waals surface area (Å²) in [7, 11) is -3.05. The van der Waals surface area contributed by atoms with Crippen molar-refractivity contribution in [1.82, 2.24) is 14.7 Å². The lowest BCUT2D eigenvalue weighted by Crippen LogP contribution is -2.41. The van der Waals surface area contributed by atoms with E-state index in [9.17, 15) is 13.2 Å². The molecule has 7 heteroatoms. The second-order valence-corrected chi connectivity index (χ2v) is 11.1. The van der Waals surface area contributed by atoms with Gasteiger partial charge in [-0.05, 0) is 30.9 Å². The minimum atomic E-state index is -3.05. The van der Waals surface area contributed by atoms with Crippen LogP contribution in [0.5, 0.6) is 0 Å². The molecule has 3 aromatic rings. The van der Waals surface area contributed by atoms with Crippen LogP contribution in [-0.4, -0.2) is 52.6 Å². The van der Waals surface area contributed by atoms with Crippen molar-refractivity contribution in [3.8, 4) is 11.3 Å². The van der Waals surface area contributed by atoms with Crippen molar-refractivity contribution in [2.24, 2.45) is 0 Å². The molecular weight excluding hydrogens is 434 g/mol. The zero-order chi connectivity index (χ0) is 22.8. The van der Waals surface area contributed by atoms with Gasteiger partial charge in [-0.15, -0.1) is 0 Å². The van der Waals surface area contributed by atoms with Crippen LogP contribution in [0.1, 0.15) is 30.4 Å². The van der Waals surface area contributed by atoms with Crippen molar-refractivity contribution < 1.29 is 13.2 Å². The van der Waals surface area contributed by atoms with Gasteiger partial charge in [-0.3, -0.25) is 9.48 Å². The van der Waals surface area contributed by atoms with Gasteiger partial charge in [-0.2, -0.15) is 5.10 Å². The molecule has 0 N–H and O–H groups in total. The number of nitrogens with zero attached hydrogens (tertiary/aromatic N) is 3. The molecule has 2 fully saturated rings. The Morgan fingerprint density at radius 3 is 2.33 bits per heavy atom. The summed E-state index contributed by atoms with van der Waals surface area (Å²) < 4.78 is 25.8. The Morgan fingerprint density at radius 1 is 1.00 bits per heavy atom. The Balaban J connectivity index is 1.42. The molecule has 1 aliphatic carbocycles. The van der Waals surface area contributed by atoms with Crippen LogP contribution in [-0.2, 0) is 21.2 Å².